The number of hydrogen-bond donors (Lipinski definition) is 0. The molecule has 2 aromatic rings. The van der Waals surface area contributed by atoms with Crippen LogP contribution in [0.3, 0.4) is 0 Å². The van der Waals surface area contributed by atoms with Gasteiger partial charge in [-0.15, -0.1) is 0 Å². The summed E-state index contributed by atoms with van der Waals surface area (Å²) in [5.41, 5.74) is 2.79. The van der Waals surface area contributed by atoms with Crippen molar-refractivity contribution < 1.29 is 13.2 Å². The van der Waals surface area contributed by atoms with Crippen molar-refractivity contribution in [3.63, 3.8) is 0 Å². The van der Waals surface area contributed by atoms with E-state index >= 15 is 0 Å². The molecule has 0 spiro atoms. The molecule has 28 heavy (non-hydrogen) atoms. The largest absolute Gasteiger partial charge is 0.312 e. The zero-order valence-electron chi connectivity index (χ0n) is 16.6. The second-order valence-electron chi connectivity index (χ2n) is 7.21. The molecule has 0 aliphatic carbocycles. The smallest absolute Gasteiger partial charge is 0.243 e. The van der Waals surface area contributed by atoms with Crippen molar-refractivity contribution in [2.75, 3.05) is 24.5 Å². The van der Waals surface area contributed by atoms with Crippen LogP contribution < -0.4 is 4.90 Å². The first kappa shape index (κ1) is 20.6. The van der Waals surface area contributed by atoms with E-state index in [1.807, 2.05) is 38.1 Å². The minimum atomic E-state index is -3.44. The van der Waals surface area contributed by atoms with E-state index in [4.69, 9.17) is 0 Å². The Hall–Kier alpha value is -2.18. The van der Waals surface area contributed by atoms with Crippen LogP contribution in [0.4, 0.5) is 5.69 Å². The normalized spacial score (nSPS) is 15.4. The maximum atomic E-state index is 12.8. The van der Waals surface area contributed by atoms with Crippen molar-refractivity contribution in [1.29, 1.82) is 0 Å². The van der Waals surface area contributed by atoms with Gasteiger partial charge in [0.05, 0.1) is 11.3 Å². The Morgan fingerprint density at radius 3 is 2.25 bits per heavy atom. The number of nitrogens with zero attached hydrogens (tertiary/aromatic N) is 2. The van der Waals surface area contributed by atoms with Gasteiger partial charge in [0.2, 0.25) is 15.9 Å². The van der Waals surface area contributed by atoms with Gasteiger partial charge in [0, 0.05) is 25.3 Å². The van der Waals surface area contributed by atoms with Crippen LogP contribution in [0.5, 0.6) is 0 Å². The topological polar surface area (TPSA) is 57.7 Å². The van der Waals surface area contributed by atoms with Crippen molar-refractivity contribution in [2.24, 2.45) is 0 Å². The number of carbonyl (C=O) groups excluding carboxylic acids is 1. The molecule has 150 valence electrons. The first-order chi connectivity index (χ1) is 13.4. The molecule has 0 N–H and O–H groups in total. The van der Waals surface area contributed by atoms with Gasteiger partial charge in [-0.2, -0.15) is 4.31 Å². The molecule has 6 heteroatoms. The van der Waals surface area contributed by atoms with E-state index in [2.05, 4.69) is 0 Å². The number of anilines is 1. The number of piperidine rings is 1. The Kier molecular flexibility index (Phi) is 6.52. The Morgan fingerprint density at radius 2 is 1.64 bits per heavy atom. The number of likely N-dealkylation sites (N-methyl/N-ethyl adjacent to an activating group) is 1. The van der Waals surface area contributed by atoms with Crippen LogP contribution in [0.1, 0.15) is 37.3 Å². The molecule has 0 bridgehead atoms. The molecule has 1 fully saturated rings. The lowest BCUT2D eigenvalue weighted by atomic mass is 10.1. The molecule has 1 aliphatic rings. The molecule has 0 unspecified atom stereocenters. The average Bonchev–Trinajstić information content (AvgIpc) is 2.71. The van der Waals surface area contributed by atoms with Gasteiger partial charge in [-0.25, -0.2) is 8.42 Å². The molecule has 1 saturated heterocycles. The van der Waals surface area contributed by atoms with Crippen LogP contribution in [0, 0.1) is 6.92 Å². The minimum absolute atomic E-state index is 0.00318. The Labute approximate surface area is 168 Å². The molecular formula is C22H28N2O3S. The molecule has 0 saturated carbocycles. The van der Waals surface area contributed by atoms with E-state index in [0.717, 1.165) is 36.1 Å². The standard InChI is InChI=1S/C22H28N2O3S/c1-3-24(21-10-6-5-9-18(21)2)22(25)17-19-11-13-20(14-12-19)28(26,27)23-15-7-4-8-16-23/h5-6,9-14H,3-4,7-8,15-17H2,1-2H3. The molecule has 5 nitrogen and oxygen atoms in total. The molecule has 1 heterocycles. The summed E-state index contributed by atoms with van der Waals surface area (Å²) in [4.78, 5) is 14.9. The van der Waals surface area contributed by atoms with Crippen LogP contribution in [0.2, 0.25) is 0 Å². The van der Waals surface area contributed by atoms with Gasteiger partial charge >= 0.3 is 0 Å². The molecule has 1 aliphatic heterocycles. The highest BCUT2D eigenvalue weighted by molar-refractivity contribution is 7.89. The van der Waals surface area contributed by atoms with E-state index in [-0.39, 0.29) is 12.3 Å². The van der Waals surface area contributed by atoms with Gasteiger partial charge in [-0.3, -0.25) is 4.79 Å². The lowest BCUT2D eigenvalue weighted by molar-refractivity contribution is -0.117. The fourth-order valence-corrected chi connectivity index (χ4v) is 5.17. The van der Waals surface area contributed by atoms with Crippen molar-refractivity contribution in [3.8, 4) is 0 Å². The predicted molar refractivity (Wildman–Crippen MR) is 112 cm³/mol. The number of benzene rings is 2. The zero-order chi connectivity index (χ0) is 20.1. The summed E-state index contributed by atoms with van der Waals surface area (Å²) in [6.07, 6.45) is 3.16. The van der Waals surface area contributed by atoms with Gasteiger partial charge in [-0.1, -0.05) is 36.8 Å². The molecule has 2 aromatic carbocycles. The lowest BCUT2D eigenvalue weighted by Gasteiger charge is -2.26. The van der Waals surface area contributed by atoms with Crippen molar-refractivity contribution in [2.45, 2.75) is 44.4 Å². The van der Waals surface area contributed by atoms with E-state index in [1.165, 1.54) is 0 Å². The van der Waals surface area contributed by atoms with Gasteiger partial charge < -0.3 is 4.90 Å². The average molecular weight is 401 g/mol. The van der Waals surface area contributed by atoms with Crippen molar-refractivity contribution >= 4 is 21.6 Å². The number of sulfonamides is 1. The van der Waals surface area contributed by atoms with Gasteiger partial charge in [0.1, 0.15) is 0 Å². The molecular weight excluding hydrogens is 372 g/mol. The highest BCUT2D eigenvalue weighted by atomic mass is 32.2. The predicted octanol–water partition coefficient (Wildman–Crippen LogP) is 3.77. The van der Waals surface area contributed by atoms with Crippen LogP contribution in [0.15, 0.2) is 53.4 Å². The monoisotopic (exact) mass is 400 g/mol. The van der Waals surface area contributed by atoms with E-state index < -0.39 is 10.0 Å². The molecule has 3 rings (SSSR count). The maximum absolute atomic E-state index is 12.8. The summed E-state index contributed by atoms with van der Waals surface area (Å²) in [7, 11) is -3.44. The minimum Gasteiger partial charge on any atom is -0.312 e. The summed E-state index contributed by atoms with van der Waals surface area (Å²) in [5.74, 6) is 0.00318. The summed E-state index contributed by atoms with van der Waals surface area (Å²) < 4.78 is 27.1. The third kappa shape index (κ3) is 4.45. The third-order valence-corrected chi connectivity index (χ3v) is 7.17. The Morgan fingerprint density at radius 1 is 1.00 bits per heavy atom. The quantitative estimate of drug-likeness (QED) is 0.742. The SMILES string of the molecule is CCN(C(=O)Cc1ccc(S(=O)(=O)N2CCCCC2)cc1)c1ccccc1C. The first-order valence-electron chi connectivity index (χ1n) is 9.88. The molecule has 0 aromatic heterocycles. The number of hydrogen-bond acceptors (Lipinski definition) is 3. The summed E-state index contributed by atoms with van der Waals surface area (Å²) in [6.45, 7) is 5.71. The number of para-hydroxylation sites is 1. The van der Waals surface area contributed by atoms with Crippen LogP contribution in [-0.4, -0.2) is 38.3 Å². The number of rotatable bonds is 6. The Bertz CT molecular complexity index is 917. The highest BCUT2D eigenvalue weighted by Crippen LogP contribution is 2.23. The van der Waals surface area contributed by atoms with Gasteiger partial charge in [0.15, 0.2) is 0 Å². The Balaban J connectivity index is 1.73. The highest BCUT2D eigenvalue weighted by Gasteiger charge is 2.26. The number of carbonyl (C=O) groups is 1. The molecule has 0 radical (unpaired) electrons. The number of amides is 1. The third-order valence-electron chi connectivity index (χ3n) is 5.26. The second kappa shape index (κ2) is 8.88. The summed E-state index contributed by atoms with van der Waals surface area (Å²) in [6, 6.07) is 14.6. The van der Waals surface area contributed by atoms with E-state index in [0.29, 0.717) is 24.5 Å². The van der Waals surface area contributed by atoms with E-state index in [1.54, 1.807) is 33.5 Å². The van der Waals surface area contributed by atoms with Crippen LogP contribution in [-0.2, 0) is 21.2 Å². The van der Waals surface area contributed by atoms with Gasteiger partial charge in [-0.05, 0) is 56.0 Å². The molecule has 1 amide bonds. The molecule has 0 atom stereocenters. The fourth-order valence-electron chi connectivity index (χ4n) is 3.65. The first-order valence-corrected chi connectivity index (χ1v) is 11.3. The van der Waals surface area contributed by atoms with Crippen molar-refractivity contribution in [3.05, 3.63) is 59.7 Å². The summed E-state index contributed by atoms with van der Waals surface area (Å²) >= 11 is 0. The van der Waals surface area contributed by atoms with E-state index in [9.17, 15) is 13.2 Å². The fraction of sp³-hybridized carbons (Fsp3) is 0.409. The second-order valence-corrected chi connectivity index (χ2v) is 9.15. The zero-order valence-corrected chi connectivity index (χ0v) is 17.4. The van der Waals surface area contributed by atoms with Crippen LogP contribution in [0.25, 0.3) is 0 Å². The van der Waals surface area contributed by atoms with Crippen LogP contribution >= 0.6 is 0 Å². The number of aryl methyl sites for hydroxylation is 1. The maximum Gasteiger partial charge on any atom is 0.243 e. The summed E-state index contributed by atoms with van der Waals surface area (Å²) in [5, 5.41) is 0. The lowest BCUT2D eigenvalue weighted by Crippen LogP contribution is -2.35. The van der Waals surface area contributed by atoms with Gasteiger partial charge in [0.25, 0.3) is 0 Å². The van der Waals surface area contributed by atoms with Crippen molar-refractivity contribution in [1.82, 2.24) is 4.31 Å².